The van der Waals surface area contributed by atoms with Crippen molar-refractivity contribution in [2.75, 3.05) is 6.54 Å². The summed E-state index contributed by atoms with van der Waals surface area (Å²) in [6.07, 6.45) is -2.74. The topological polar surface area (TPSA) is 135 Å². The Bertz CT molecular complexity index is 1340. The molecule has 2 aliphatic rings. The molecule has 1 unspecified atom stereocenters. The maximum Gasteiger partial charge on any atom is 0.246 e. The van der Waals surface area contributed by atoms with Crippen molar-refractivity contribution < 1.29 is 23.9 Å². The Labute approximate surface area is 244 Å². The zero-order valence-electron chi connectivity index (χ0n) is 24.3. The normalized spacial score (nSPS) is 23.0. The van der Waals surface area contributed by atoms with Crippen LogP contribution in [0.15, 0.2) is 29.8 Å². The number of hydrogen-bond donors (Lipinski definition) is 3. The number of thiazole rings is 1. The lowest BCUT2D eigenvalue weighted by Crippen LogP contribution is -2.58. The molecule has 1 aromatic carbocycles. The fourth-order valence-corrected chi connectivity index (χ4v) is 6.04. The summed E-state index contributed by atoms with van der Waals surface area (Å²) in [6.45, 7) is 10.8. The Morgan fingerprint density at radius 3 is 2.32 bits per heavy atom. The number of carbonyl (C=O) groups is 3. The Balaban J connectivity index is 1.56. The molecule has 1 saturated carbocycles. The second-order valence-electron chi connectivity index (χ2n) is 12.5. The van der Waals surface area contributed by atoms with Crippen LogP contribution in [0.5, 0.6) is 0 Å². The van der Waals surface area contributed by atoms with E-state index in [1.54, 1.807) is 30.7 Å². The lowest BCUT2D eigenvalue weighted by Gasteiger charge is -2.35. The van der Waals surface area contributed by atoms with Gasteiger partial charge in [-0.1, -0.05) is 58.9 Å². The molecule has 3 N–H and O–H groups in total. The molecule has 1 aromatic heterocycles. The zero-order valence-corrected chi connectivity index (χ0v) is 25.1. The van der Waals surface area contributed by atoms with Crippen molar-refractivity contribution in [3.8, 4) is 16.5 Å². The molecule has 0 spiro atoms. The summed E-state index contributed by atoms with van der Waals surface area (Å²) in [5.74, 6) is -2.34. The highest BCUT2D eigenvalue weighted by molar-refractivity contribution is 7.13. The van der Waals surface area contributed by atoms with Gasteiger partial charge in [-0.25, -0.2) is 9.37 Å². The number of aliphatic hydroxyl groups excluding tert-OH is 1. The quantitative estimate of drug-likeness (QED) is 0.434. The van der Waals surface area contributed by atoms with Crippen LogP contribution in [0, 0.1) is 35.0 Å². The van der Waals surface area contributed by atoms with Gasteiger partial charge in [0.15, 0.2) is 6.17 Å². The number of rotatable bonds is 8. The van der Waals surface area contributed by atoms with Crippen molar-refractivity contribution in [3.63, 3.8) is 0 Å². The van der Waals surface area contributed by atoms with Gasteiger partial charge < -0.3 is 20.6 Å². The van der Waals surface area contributed by atoms with E-state index >= 15 is 4.39 Å². The SMILES string of the molecule is Cc1ncsc1-c1ccc(C(NC(=O)[C@@H]2[C@@H](F)[C@@H](O)CN2C(=O)[C@@H](NC(=O)C2(C#N)CC2)C(C)C)C(C)(C)C)cc1. The summed E-state index contributed by atoms with van der Waals surface area (Å²) in [4.78, 5) is 46.5. The molecule has 2 fully saturated rings. The fourth-order valence-electron chi connectivity index (χ4n) is 5.23. The van der Waals surface area contributed by atoms with Gasteiger partial charge in [0.2, 0.25) is 17.7 Å². The molecule has 1 saturated heterocycles. The lowest BCUT2D eigenvalue weighted by atomic mass is 9.82. The summed E-state index contributed by atoms with van der Waals surface area (Å²) in [5.41, 5.74) is 2.90. The third kappa shape index (κ3) is 6.14. The van der Waals surface area contributed by atoms with Crippen molar-refractivity contribution in [2.24, 2.45) is 16.7 Å². The second-order valence-corrected chi connectivity index (χ2v) is 13.4. The van der Waals surface area contributed by atoms with E-state index in [0.29, 0.717) is 12.8 Å². The molecule has 4 rings (SSSR count). The molecule has 2 heterocycles. The second kappa shape index (κ2) is 11.5. The van der Waals surface area contributed by atoms with Gasteiger partial charge in [0, 0.05) is 0 Å². The molecule has 41 heavy (non-hydrogen) atoms. The van der Waals surface area contributed by atoms with E-state index in [2.05, 4.69) is 15.6 Å². The number of nitrogens with one attached hydrogen (secondary N) is 2. The number of likely N-dealkylation sites (tertiary alicyclic amines) is 1. The molecular weight excluding hydrogens is 545 g/mol. The number of carbonyl (C=O) groups excluding carboxylic acids is 3. The predicted molar refractivity (Wildman–Crippen MR) is 153 cm³/mol. The molecule has 0 radical (unpaired) electrons. The molecule has 1 aliphatic carbocycles. The fraction of sp³-hybridized carbons (Fsp3) is 0.567. The highest BCUT2D eigenvalue weighted by Crippen LogP contribution is 2.45. The van der Waals surface area contributed by atoms with Gasteiger partial charge in [0.25, 0.3) is 0 Å². The molecule has 2 aromatic rings. The van der Waals surface area contributed by atoms with Crippen LogP contribution >= 0.6 is 11.3 Å². The van der Waals surface area contributed by atoms with Crippen molar-refractivity contribution in [1.82, 2.24) is 20.5 Å². The number of nitrogens with zero attached hydrogens (tertiary/aromatic N) is 3. The van der Waals surface area contributed by atoms with E-state index in [9.17, 15) is 24.8 Å². The number of aliphatic hydroxyl groups is 1. The standard InChI is InChI=1S/C30H38FN5O4S/c1-16(2)22(34-28(40)30(14-32)11-12-30)27(39)36-13-20(37)21(31)23(36)26(38)35-25(29(4,5)6)19-9-7-18(8-10-19)24-17(3)33-15-41-24/h7-10,15-16,20-23,25,37H,11-13H2,1-6H3,(H,34,40)(H,35,38)/t20-,21-,22-,23-,25?/m0/s1. The number of alkyl halides is 1. The molecule has 220 valence electrons. The van der Waals surface area contributed by atoms with Crippen molar-refractivity contribution in [2.45, 2.75) is 84.8 Å². The number of aromatic nitrogens is 1. The molecule has 3 amide bonds. The number of amides is 3. The average molecular weight is 584 g/mol. The molecule has 5 atom stereocenters. The van der Waals surface area contributed by atoms with Gasteiger partial charge in [0.1, 0.15) is 23.6 Å². The van der Waals surface area contributed by atoms with Crippen molar-refractivity contribution in [3.05, 3.63) is 41.0 Å². The van der Waals surface area contributed by atoms with E-state index in [1.807, 2.05) is 58.0 Å². The molecule has 0 bridgehead atoms. The first kappa shape index (κ1) is 30.6. The maximum atomic E-state index is 15.4. The van der Waals surface area contributed by atoms with Crippen LogP contribution in [-0.4, -0.2) is 63.6 Å². The lowest BCUT2D eigenvalue weighted by molar-refractivity contribution is -0.144. The van der Waals surface area contributed by atoms with Crippen LogP contribution in [0.1, 0.15) is 64.8 Å². The van der Waals surface area contributed by atoms with Crippen LogP contribution in [0.3, 0.4) is 0 Å². The number of β-amino-alcohol motifs (C(OH)–C–C–N with tert-alkyl or cyclic N) is 1. The zero-order chi connectivity index (χ0) is 30.3. The summed E-state index contributed by atoms with van der Waals surface area (Å²) in [6, 6.07) is 6.56. The molecule has 11 heteroatoms. The average Bonchev–Trinajstić information content (AvgIpc) is 3.52. The van der Waals surface area contributed by atoms with Gasteiger partial charge in [-0.3, -0.25) is 14.4 Å². The monoisotopic (exact) mass is 583 g/mol. The summed E-state index contributed by atoms with van der Waals surface area (Å²) in [5, 5.41) is 25.4. The van der Waals surface area contributed by atoms with Gasteiger partial charge >= 0.3 is 0 Å². The molecular formula is C30H38FN5O4S. The number of benzene rings is 1. The van der Waals surface area contributed by atoms with Gasteiger partial charge in [0.05, 0.1) is 34.7 Å². The van der Waals surface area contributed by atoms with Gasteiger partial charge in [-0.05, 0) is 42.2 Å². The van der Waals surface area contributed by atoms with Gasteiger partial charge in [-0.15, -0.1) is 11.3 Å². The first-order valence-electron chi connectivity index (χ1n) is 13.9. The minimum absolute atomic E-state index is 0.385. The first-order chi connectivity index (χ1) is 19.2. The van der Waals surface area contributed by atoms with Crippen molar-refractivity contribution in [1.29, 1.82) is 5.26 Å². The van der Waals surface area contributed by atoms with Crippen molar-refractivity contribution >= 4 is 29.1 Å². The number of aryl methyl sites for hydroxylation is 1. The summed E-state index contributed by atoms with van der Waals surface area (Å²) < 4.78 is 15.4. The minimum Gasteiger partial charge on any atom is -0.388 e. The Hall–Kier alpha value is -3.36. The smallest absolute Gasteiger partial charge is 0.246 e. The largest absolute Gasteiger partial charge is 0.388 e. The van der Waals surface area contributed by atoms with Crippen LogP contribution in [0.4, 0.5) is 4.39 Å². The Morgan fingerprint density at radius 1 is 1.20 bits per heavy atom. The van der Waals surface area contributed by atoms with Crippen LogP contribution < -0.4 is 10.6 Å². The highest BCUT2D eigenvalue weighted by Gasteiger charge is 2.54. The van der Waals surface area contributed by atoms with E-state index in [1.165, 1.54) is 0 Å². The summed E-state index contributed by atoms with van der Waals surface area (Å²) >= 11 is 1.54. The minimum atomic E-state index is -2.01. The number of hydrogen-bond acceptors (Lipinski definition) is 7. The summed E-state index contributed by atoms with van der Waals surface area (Å²) in [7, 11) is 0. The number of nitriles is 1. The Morgan fingerprint density at radius 2 is 1.83 bits per heavy atom. The predicted octanol–water partition coefficient (Wildman–Crippen LogP) is 3.68. The highest BCUT2D eigenvalue weighted by atomic mass is 32.1. The third-order valence-electron chi connectivity index (χ3n) is 7.96. The van der Waals surface area contributed by atoms with Crippen LogP contribution in [0.25, 0.3) is 10.4 Å². The molecule has 1 aliphatic heterocycles. The third-order valence-corrected chi connectivity index (χ3v) is 8.94. The Kier molecular flexibility index (Phi) is 8.58. The first-order valence-corrected chi connectivity index (χ1v) is 14.7. The van der Waals surface area contributed by atoms with Crippen LogP contribution in [-0.2, 0) is 14.4 Å². The van der Waals surface area contributed by atoms with Gasteiger partial charge in [-0.2, -0.15) is 5.26 Å². The van der Waals surface area contributed by atoms with E-state index < -0.39 is 64.9 Å². The van der Waals surface area contributed by atoms with Crippen LogP contribution in [0.2, 0.25) is 0 Å². The maximum absolute atomic E-state index is 15.4. The van der Waals surface area contributed by atoms with E-state index in [4.69, 9.17) is 0 Å². The molecule has 9 nitrogen and oxygen atoms in total. The van der Waals surface area contributed by atoms with E-state index in [-0.39, 0.29) is 6.54 Å². The number of halogens is 1. The van der Waals surface area contributed by atoms with E-state index in [0.717, 1.165) is 26.6 Å².